The minimum atomic E-state index is 0.277. The van der Waals surface area contributed by atoms with E-state index in [1.54, 1.807) is 0 Å². The summed E-state index contributed by atoms with van der Waals surface area (Å²) in [5.74, 6) is 1.81. The monoisotopic (exact) mass is 257 g/mol. The Bertz CT molecular complexity index is 261. The number of halogens is 1. The van der Waals surface area contributed by atoms with E-state index >= 15 is 0 Å². The van der Waals surface area contributed by atoms with Gasteiger partial charge in [-0.15, -0.1) is 11.6 Å². The van der Waals surface area contributed by atoms with Crippen molar-refractivity contribution in [1.82, 2.24) is 5.32 Å². The van der Waals surface area contributed by atoms with Gasteiger partial charge in [0, 0.05) is 17.8 Å². The highest BCUT2D eigenvalue weighted by atomic mass is 35.5. The lowest BCUT2D eigenvalue weighted by molar-refractivity contribution is -0.126. The predicted octanol–water partition coefficient (Wildman–Crippen LogP) is 3.34. The van der Waals surface area contributed by atoms with Gasteiger partial charge in [-0.25, -0.2) is 0 Å². The Morgan fingerprint density at radius 1 is 1.18 bits per heavy atom. The van der Waals surface area contributed by atoms with Gasteiger partial charge in [-0.05, 0) is 50.4 Å². The van der Waals surface area contributed by atoms with Crippen LogP contribution in [-0.4, -0.2) is 17.8 Å². The molecule has 0 aromatic rings. The van der Waals surface area contributed by atoms with E-state index in [1.165, 1.54) is 25.7 Å². The lowest BCUT2D eigenvalue weighted by Gasteiger charge is -2.26. The van der Waals surface area contributed by atoms with Crippen LogP contribution in [-0.2, 0) is 4.79 Å². The van der Waals surface area contributed by atoms with Crippen molar-refractivity contribution >= 4 is 17.5 Å². The quantitative estimate of drug-likeness (QED) is 0.772. The Labute approximate surface area is 109 Å². The molecule has 0 aromatic heterocycles. The van der Waals surface area contributed by atoms with Gasteiger partial charge in [-0.3, -0.25) is 4.79 Å². The van der Waals surface area contributed by atoms with E-state index in [1.807, 2.05) is 0 Å². The molecule has 0 aliphatic heterocycles. The van der Waals surface area contributed by atoms with Crippen LogP contribution in [0, 0.1) is 17.8 Å². The highest BCUT2D eigenvalue weighted by molar-refractivity contribution is 6.20. The summed E-state index contributed by atoms with van der Waals surface area (Å²) < 4.78 is 0. The normalized spacial score (nSPS) is 38.0. The first-order valence-electron chi connectivity index (χ1n) is 7.08. The summed E-state index contributed by atoms with van der Waals surface area (Å²) in [6.07, 6.45) is 8.10. The molecule has 17 heavy (non-hydrogen) atoms. The fourth-order valence-electron chi connectivity index (χ4n) is 3.24. The molecule has 3 heteroatoms. The average Bonchev–Trinajstić information content (AvgIpc) is 2.74. The lowest BCUT2D eigenvalue weighted by Crippen LogP contribution is -2.36. The molecule has 2 unspecified atom stereocenters. The predicted molar refractivity (Wildman–Crippen MR) is 71.1 cm³/mol. The summed E-state index contributed by atoms with van der Waals surface area (Å²) in [5.41, 5.74) is 0. The molecule has 2 atom stereocenters. The summed E-state index contributed by atoms with van der Waals surface area (Å²) in [6.45, 7) is 3.07. The number of amides is 1. The Kier molecular flexibility index (Phi) is 4.72. The maximum Gasteiger partial charge on any atom is 0.223 e. The van der Waals surface area contributed by atoms with Gasteiger partial charge < -0.3 is 5.32 Å². The first kappa shape index (κ1) is 13.2. The zero-order valence-corrected chi connectivity index (χ0v) is 11.5. The van der Waals surface area contributed by atoms with Gasteiger partial charge in [0.15, 0.2) is 0 Å². The summed E-state index contributed by atoms with van der Waals surface area (Å²) in [4.78, 5) is 12.0. The topological polar surface area (TPSA) is 29.1 Å². The minimum absolute atomic E-state index is 0.277. The highest BCUT2D eigenvalue weighted by Gasteiger charge is 2.30. The fourth-order valence-corrected chi connectivity index (χ4v) is 3.49. The van der Waals surface area contributed by atoms with Gasteiger partial charge in [-0.1, -0.05) is 13.3 Å². The zero-order valence-electron chi connectivity index (χ0n) is 10.8. The van der Waals surface area contributed by atoms with E-state index in [4.69, 9.17) is 11.6 Å². The van der Waals surface area contributed by atoms with Gasteiger partial charge in [-0.2, -0.15) is 0 Å². The van der Waals surface area contributed by atoms with Crippen molar-refractivity contribution in [3.63, 3.8) is 0 Å². The molecular weight excluding hydrogens is 234 g/mol. The van der Waals surface area contributed by atoms with Crippen molar-refractivity contribution in [2.75, 3.05) is 6.54 Å². The van der Waals surface area contributed by atoms with E-state index in [9.17, 15) is 4.79 Å². The number of carbonyl (C=O) groups excluding carboxylic acids is 1. The van der Waals surface area contributed by atoms with Crippen LogP contribution in [0.2, 0.25) is 0 Å². The summed E-state index contributed by atoms with van der Waals surface area (Å²) in [5, 5.41) is 3.53. The van der Waals surface area contributed by atoms with Crippen molar-refractivity contribution < 1.29 is 4.79 Å². The molecule has 2 rings (SSSR count). The van der Waals surface area contributed by atoms with Crippen LogP contribution in [0.4, 0.5) is 0 Å². The Morgan fingerprint density at radius 2 is 1.88 bits per heavy atom. The molecule has 2 fully saturated rings. The molecule has 2 aliphatic rings. The van der Waals surface area contributed by atoms with Crippen molar-refractivity contribution in [3.05, 3.63) is 0 Å². The van der Waals surface area contributed by atoms with Crippen molar-refractivity contribution in [1.29, 1.82) is 0 Å². The SMILES string of the molecule is CC1CCCC1C(=O)NCC1CCC(Cl)CC1. The Morgan fingerprint density at radius 3 is 2.47 bits per heavy atom. The van der Waals surface area contributed by atoms with Crippen LogP contribution in [0.25, 0.3) is 0 Å². The molecule has 2 aliphatic carbocycles. The van der Waals surface area contributed by atoms with Crippen molar-refractivity contribution in [2.24, 2.45) is 17.8 Å². The van der Waals surface area contributed by atoms with Crippen LogP contribution in [0.3, 0.4) is 0 Å². The second-order valence-corrected chi connectivity index (χ2v) is 6.50. The second-order valence-electron chi connectivity index (χ2n) is 5.88. The lowest BCUT2D eigenvalue weighted by atomic mass is 9.88. The number of nitrogens with one attached hydrogen (secondary N) is 1. The number of rotatable bonds is 3. The van der Waals surface area contributed by atoms with E-state index in [-0.39, 0.29) is 5.92 Å². The molecule has 2 saturated carbocycles. The van der Waals surface area contributed by atoms with Crippen LogP contribution in [0.15, 0.2) is 0 Å². The third-order valence-electron chi connectivity index (χ3n) is 4.54. The third kappa shape index (κ3) is 3.61. The molecular formula is C14H24ClNO. The van der Waals surface area contributed by atoms with Gasteiger partial charge >= 0.3 is 0 Å². The molecule has 1 amide bonds. The minimum Gasteiger partial charge on any atom is -0.356 e. The zero-order chi connectivity index (χ0) is 12.3. The first-order chi connectivity index (χ1) is 8.16. The molecule has 0 bridgehead atoms. The van der Waals surface area contributed by atoms with E-state index < -0.39 is 0 Å². The number of hydrogen-bond donors (Lipinski definition) is 1. The molecule has 0 aromatic carbocycles. The summed E-state index contributed by atoms with van der Waals surface area (Å²) in [6, 6.07) is 0. The molecule has 1 N–H and O–H groups in total. The number of alkyl halides is 1. The number of hydrogen-bond acceptors (Lipinski definition) is 1. The Hall–Kier alpha value is -0.240. The standard InChI is InChI=1S/C14H24ClNO/c1-10-3-2-4-13(10)14(17)16-9-11-5-7-12(15)8-6-11/h10-13H,2-9H2,1H3,(H,16,17). The van der Waals surface area contributed by atoms with Gasteiger partial charge in [0.1, 0.15) is 0 Å². The van der Waals surface area contributed by atoms with Crippen LogP contribution in [0.5, 0.6) is 0 Å². The summed E-state index contributed by atoms with van der Waals surface area (Å²) >= 11 is 6.08. The fraction of sp³-hybridized carbons (Fsp3) is 0.929. The van der Waals surface area contributed by atoms with Gasteiger partial charge in [0.25, 0.3) is 0 Å². The van der Waals surface area contributed by atoms with Crippen molar-refractivity contribution in [2.45, 2.75) is 57.2 Å². The molecule has 0 radical (unpaired) electrons. The maximum atomic E-state index is 12.0. The second kappa shape index (κ2) is 6.08. The molecule has 2 nitrogen and oxygen atoms in total. The molecule has 98 valence electrons. The van der Waals surface area contributed by atoms with Crippen molar-refractivity contribution in [3.8, 4) is 0 Å². The third-order valence-corrected chi connectivity index (χ3v) is 4.98. The molecule has 0 heterocycles. The van der Waals surface area contributed by atoms with Crippen LogP contribution >= 0.6 is 11.6 Å². The molecule has 0 spiro atoms. The Balaban J connectivity index is 1.69. The van der Waals surface area contributed by atoms with Crippen LogP contribution in [0.1, 0.15) is 51.9 Å². The van der Waals surface area contributed by atoms with E-state index in [2.05, 4.69) is 12.2 Å². The average molecular weight is 258 g/mol. The largest absolute Gasteiger partial charge is 0.356 e. The van der Waals surface area contributed by atoms with E-state index in [0.717, 1.165) is 25.8 Å². The molecule has 0 saturated heterocycles. The van der Waals surface area contributed by atoms with Crippen LogP contribution < -0.4 is 5.32 Å². The highest BCUT2D eigenvalue weighted by Crippen LogP contribution is 2.31. The number of carbonyl (C=O) groups is 1. The van der Waals surface area contributed by atoms with Gasteiger partial charge in [0.05, 0.1) is 0 Å². The summed E-state index contributed by atoms with van der Waals surface area (Å²) in [7, 11) is 0. The first-order valence-corrected chi connectivity index (χ1v) is 7.52. The van der Waals surface area contributed by atoms with E-state index in [0.29, 0.717) is 23.1 Å². The van der Waals surface area contributed by atoms with Gasteiger partial charge in [0.2, 0.25) is 5.91 Å². The maximum absolute atomic E-state index is 12.0. The smallest absolute Gasteiger partial charge is 0.223 e.